The third kappa shape index (κ3) is 3.71. The number of aryl methyl sites for hydroxylation is 1. The molecule has 6 nitrogen and oxygen atoms in total. The molecule has 1 aromatic heterocycles. The fourth-order valence-corrected chi connectivity index (χ4v) is 3.75. The standard InChI is InChI=1S/C20H17Br2N3O3/c1-2-3-4-19-24-16-6-5-13(21)8-14(16)20(26)25(19)23-10-12-7-17-18(9-15(12)22)28-11-27-17/h5-10H,2-4,11H2,1H3. The first-order valence-electron chi connectivity index (χ1n) is 8.91. The molecule has 0 saturated carbocycles. The van der Waals surface area contributed by atoms with E-state index in [0.717, 1.165) is 27.4 Å². The van der Waals surface area contributed by atoms with Crippen molar-refractivity contribution in [3.8, 4) is 11.5 Å². The molecule has 0 amide bonds. The molecule has 0 saturated heterocycles. The summed E-state index contributed by atoms with van der Waals surface area (Å²) in [5, 5.41) is 4.99. The minimum Gasteiger partial charge on any atom is -0.454 e. The smallest absolute Gasteiger partial charge is 0.282 e. The Morgan fingerprint density at radius 3 is 2.79 bits per heavy atom. The number of hydrogen-bond donors (Lipinski definition) is 0. The Morgan fingerprint density at radius 2 is 2.00 bits per heavy atom. The van der Waals surface area contributed by atoms with Gasteiger partial charge in [-0.1, -0.05) is 29.3 Å². The summed E-state index contributed by atoms with van der Waals surface area (Å²) in [7, 11) is 0. The van der Waals surface area contributed by atoms with Crippen LogP contribution in [-0.2, 0) is 6.42 Å². The molecule has 0 spiro atoms. The van der Waals surface area contributed by atoms with Gasteiger partial charge in [-0.15, -0.1) is 0 Å². The van der Waals surface area contributed by atoms with Crippen LogP contribution < -0.4 is 15.0 Å². The second-order valence-corrected chi connectivity index (χ2v) is 8.15. The molecule has 0 atom stereocenters. The second kappa shape index (κ2) is 8.05. The summed E-state index contributed by atoms with van der Waals surface area (Å²) in [6, 6.07) is 9.17. The number of fused-ring (bicyclic) bond motifs is 2. The maximum atomic E-state index is 13.1. The van der Waals surface area contributed by atoms with Crippen LogP contribution in [0.15, 0.2) is 49.2 Å². The molecule has 0 N–H and O–H groups in total. The van der Waals surface area contributed by atoms with Crippen LogP contribution in [0.2, 0.25) is 0 Å². The topological polar surface area (TPSA) is 65.7 Å². The van der Waals surface area contributed by atoms with Gasteiger partial charge in [-0.2, -0.15) is 9.78 Å². The minimum absolute atomic E-state index is 0.189. The van der Waals surface area contributed by atoms with Crippen molar-refractivity contribution >= 4 is 49.0 Å². The third-order valence-electron chi connectivity index (χ3n) is 4.43. The summed E-state index contributed by atoms with van der Waals surface area (Å²) in [5.41, 5.74) is 1.27. The molecule has 2 heterocycles. The summed E-state index contributed by atoms with van der Waals surface area (Å²) in [6.07, 6.45) is 4.25. The molecule has 0 unspecified atom stereocenters. The van der Waals surface area contributed by atoms with Gasteiger partial charge in [0.25, 0.3) is 5.56 Å². The van der Waals surface area contributed by atoms with Crippen molar-refractivity contribution in [1.29, 1.82) is 0 Å². The number of nitrogens with zero attached hydrogens (tertiary/aromatic N) is 3. The molecule has 0 bridgehead atoms. The lowest BCUT2D eigenvalue weighted by molar-refractivity contribution is 0.174. The van der Waals surface area contributed by atoms with Crippen LogP contribution >= 0.6 is 31.9 Å². The summed E-state index contributed by atoms with van der Waals surface area (Å²) in [6.45, 7) is 2.31. The van der Waals surface area contributed by atoms with Crippen LogP contribution in [0.5, 0.6) is 11.5 Å². The molecule has 0 radical (unpaired) electrons. The Balaban J connectivity index is 1.81. The molecular weight excluding hydrogens is 490 g/mol. The van der Waals surface area contributed by atoms with Crippen LogP contribution in [0.4, 0.5) is 0 Å². The zero-order valence-electron chi connectivity index (χ0n) is 15.1. The van der Waals surface area contributed by atoms with Crippen molar-refractivity contribution in [1.82, 2.24) is 9.66 Å². The number of rotatable bonds is 5. The zero-order chi connectivity index (χ0) is 19.7. The van der Waals surface area contributed by atoms with Crippen molar-refractivity contribution in [3.05, 3.63) is 61.0 Å². The van der Waals surface area contributed by atoms with Gasteiger partial charge in [-0.25, -0.2) is 4.98 Å². The van der Waals surface area contributed by atoms with E-state index in [9.17, 15) is 4.79 Å². The van der Waals surface area contributed by atoms with Gasteiger partial charge in [-0.3, -0.25) is 4.79 Å². The van der Waals surface area contributed by atoms with Crippen LogP contribution in [0.3, 0.4) is 0 Å². The summed E-state index contributed by atoms with van der Waals surface area (Å²) >= 11 is 6.93. The summed E-state index contributed by atoms with van der Waals surface area (Å²) in [4.78, 5) is 17.8. The van der Waals surface area contributed by atoms with Crippen molar-refractivity contribution < 1.29 is 9.47 Å². The first-order chi connectivity index (χ1) is 13.6. The molecule has 0 fully saturated rings. The van der Waals surface area contributed by atoms with Crippen LogP contribution in [0.1, 0.15) is 31.2 Å². The normalized spacial score (nSPS) is 13.0. The first kappa shape index (κ1) is 19.1. The van der Waals surface area contributed by atoms with Gasteiger partial charge >= 0.3 is 0 Å². The van der Waals surface area contributed by atoms with Gasteiger partial charge in [0.15, 0.2) is 11.5 Å². The van der Waals surface area contributed by atoms with Crippen LogP contribution in [0, 0.1) is 0 Å². The number of ether oxygens (including phenoxy) is 2. The molecule has 144 valence electrons. The molecule has 1 aliphatic rings. The average molecular weight is 507 g/mol. The van der Waals surface area contributed by atoms with Gasteiger partial charge in [0.1, 0.15) is 5.82 Å². The largest absolute Gasteiger partial charge is 0.454 e. The van der Waals surface area contributed by atoms with E-state index in [1.54, 1.807) is 12.3 Å². The highest BCUT2D eigenvalue weighted by molar-refractivity contribution is 9.10. The summed E-state index contributed by atoms with van der Waals surface area (Å²) < 4.78 is 13.8. The van der Waals surface area contributed by atoms with Gasteiger partial charge in [0.2, 0.25) is 6.79 Å². The molecule has 2 aromatic carbocycles. The quantitative estimate of drug-likeness (QED) is 0.463. The molecule has 3 aromatic rings. The van der Waals surface area contributed by atoms with Crippen molar-refractivity contribution in [3.63, 3.8) is 0 Å². The van der Waals surface area contributed by atoms with E-state index in [-0.39, 0.29) is 12.4 Å². The van der Waals surface area contributed by atoms with Crippen LogP contribution in [-0.4, -0.2) is 22.7 Å². The van der Waals surface area contributed by atoms with Gasteiger partial charge in [0, 0.05) is 20.9 Å². The highest BCUT2D eigenvalue weighted by atomic mass is 79.9. The fourth-order valence-electron chi connectivity index (χ4n) is 2.96. The molecule has 28 heavy (non-hydrogen) atoms. The fraction of sp³-hybridized carbons (Fsp3) is 0.250. The van der Waals surface area contributed by atoms with Crippen molar-refractivity contribution in [2.75, 3.05) is 6.79 Å². The molecular formula is C20H17Br2N3O3. The molecule has 1 aliphatic heterocycles. The van der Waals surface area contributed by atoms with E-state index in [0.29, 0.717) is 34.6 Å². The summed E-state index contributed by atoms with van der Waals surface area (Å²) in [5.74, 6) is 1.99. The highest BCUT2D eigenvalue weighted by Gasteiger charge is 2.16. The van der Waals surface area contributed by atoms with Crippen molar-refractivity contribution in [2.45, 2.75) is 26.2 Å². The second-order valence-electron chi connectivity index (χ2n) is 6.38. The van der Waals surface area contributed by atoms with E-state index in [1.165, 1.54) is 4.68 Å². The SMILES string of the molecule is CCCCc1nc2ccc(Br)cc2c(=O)n1N=Cc1cc2c(cc1Br)OCO2. The number of benzene rings is 2. The van der Waals surface area contributed by atoms with Gasteiger partial charge in [-0.05, 0) is 52.7 Å². The van der Waals surface area contributed by atoms with Crippen LogP contribution in [0.25, 0.3) is 10.9 Å². The molecule has 0 aliphatic carbocycles. The molecule has 8 heteroatoms. The van der Waals surface area contributed by atoms with E-state index in [4.69, 9.17) is 9.47 Å². The Morgan fingerprint density at radius 1 is 1.21 bits per heavy atom. The average Bonchev–Trinajstić information content (AvgIpc) is 3.13. The number of aromatic nitrogens is 2. The number of hydrogen-bond acceptors (Lipinski definition) is 5. The minimum atomic E-state index is -0.189. The zero-order valence-corrected chi connectivity index (χ0v) is 18.3. The van der Waals surface area contributed by atoms with Gasteiger partial charge in [0.05, 0.1) is 17.1 Å². The van der Waals surface area contributed by atoms with Gasteiger partial charge < -0.3 is 9.47 Å². The Kier molecular flexibility index (Phi) is 5.50. The lowest BCUT2D eigenvalue weighted by Crippen LogP contribution is -2.22. The third-order valence-corrected chi connectivity index (χ3v) is 5.61. The monoisotopic (exact) mass is 505 g/mol. The van der Waals surface area contributed by atoms with E-state index in [2.05, 4.69) is 48.9 Å². The van der Waals surface area contributed by atoms with E-state index in [1.807, 2.05) is 24.3 Å². The number of unbranched alkanes of at least 4 members (excludes halogenated alkanes) is 1. The van der Waals surface area contributed by atoms with E-state index < -0.39 is 0 Å². The Hall–Kier alpha value is -2.19. The lowest BCUT2D eigenvalue weighted by atomic mass is 10.2. The number of halogens is 2. The maximum Gasteiger partial charge on any atom is 0.282 e. The lowest BCUT2D eigenvalue weighted by Gasteiger charge is -2.09. The van der Waals surface area contributed by atoms with E-state index >= 15 is 0 Å². The van der Waals surface area contributed by atoms with Crippen molar-refractivity contribution in [2.24, 2.45) is 5.10 Å². The predicted molar refractivity (Wildman–Crippen MR) is 116 cm³/mol. The predicted octanol–water partition coefficient (Wildman–Crippen LogP) is 4.88. The first-order valence-corrected chi connectivity index (χ1v) is 10.5. The Labute approximate surface area is 178 Å². The molecule has 4 rings (SSSR count). The maximum absolute atomic E-state index is 13.1. The Bertz CT molecular complexity index is 1140. The highest BCUT2D eigenvalue weighted by Crippen LogP contribution is 2.36.